The van der Waals surface area contributed by atoms with E-state index >= 15 is 0 Å². The molecule has 0 fully saturated rings. The van der Waals surface area contributed by atoms with Crippen molar-refractivity contribution in [1.82, 2.24) is 19.2 Å². The number of hydrogen-bond acceptors (Lipinski definition) is 6. The number of aromatic nitrogens is 4. The fourth-order valence-corrected chi connectivity index (χ4v) is 3.06. The molecule has 0 bridgehead atoms. The molecule has 0 unspecified atom stereocenters. The van der Waals surface area contributed by atoms with Crippen LogP contribution in [0, 0.1) is 7.14 Å². The fraction of sp³-hybridized carbons (Fsp3) is 0.118. The average Bonchev–Trinajstić information content (AvgIpc) is 3.27. The first-order chi connectivity index (χ1) is 14.1. The van der Waals surface area contributed by atoms with E-state index in [9.17, 15) is 0 Å². The van der Waals surface area contributed by atoms with Crippen molar-refractivity contribution in [2.75, 3.05) is 0 Å². The summed E-state index contributed by atoms with van der Waals surface area (Å²) in [7, 11) is -4.67. The van der Waals surface area contributed by atoms with Gasteiger partial charge in [0, 0.05) is 25.7 Å². The predicted octanol–water partition coefficient (Wildman–Crippen LogP) is 3.20. The Hall–Kier alpha value is -1.91. The summed E-state index contributed by atoms with van der Waals surface area (Å²) >= 11 is 4.55. The van der Waals surface area contributed by atoms with Crippen LogP contribution in [-0.4, -0.2) is 42.9 Å². The third-order valence-electron chi connectivity index (χ3n) is 3.30. The predicted molar refractivity (Wildman–Crippen MR) is 124 cm³/mol. The number of hydrogen-bond donors (Lipinski definition) is 2. The third-order valence-corrected chi connectivity index (χ3v) is 4.58. The molecule has 2 N–H and O–H groups in total. The molecular formula is C17H16I2N4O6S. The summed E-state index contributed by atoms with van der Waals surface area (Å²) in [6.45, 7) is 2.15. The van der Waals surface area contributed by atoms with Gasteiger partial charge in [-0.3, -0.25) is 9.11 Å². The molecule has 10 nitrogen and oxygen atoms in total. The fourth-order valence-electron chi connectivity index (χ4n) is 2.17. The Bertz CT molecular complexity index is 1230. The van der Waals surface area contributed by atoms with Gasteiger partial charge >= 0.3 is 16.6 Å². The van der Waals surface area contributed by atoms with E-state index in [0.717, 1.165) is 11.9 Å². The minimum absolute atomic E-state index is 0.250. The van der Waals surface area contributed by atoms with Gasteiger partial charge in [0.25, 0.3) is 0 Å². The number of pyridine rings is 2. The van der Waals surface area contributed by atoms with Gasteiger partial charge in [0.05, 0.1) is 17.2 Å². The van der Waals surface area contributed by atoms with Crippen molar-refractivity contribution in [2.45, 2.75) is 13.3 Å². The molecule has 160 valence electrons. The maximum atomic E-state index is 8.74. The second-order valence-corrected chi connectivity index (χ2v) is 8.67. The van der Waals surface area contributed by atoms with E-state index < -0.39 is 10.4 Å². The number of fused-ring (bicyclic) bond motifs is 2. The third kappa shape index (κ3) is 9.73. The van der Waals surface area contributed by atoms with E-state index in [1.54, 1.807) is 6.20 Å². The molecule has 0 aliphatic heterocycles. The normalized spacial score (nSPS) is 10.0. The van der Waals surface area contributed by atoms with Gasteiger partial charge in [0.2, 0.25) is 0 Å². The van der Waals surface area contributed by atoms with Gasteiger partial charge in [-0.25, -0.2) is 9.03 Å². The van der Waals surface area contributed by atoms with Crippen LogP contribution in [0.2, 0.25) is 0 Å². The Labute approximate surface area is 199 Å². The maximum Gasteiger partial charge on any atom is 0.394 e. The smallest absolute Gasteiger partial charge is 0.264 e. The lowest BCUT2D eigenvalue weighted by Gasteiger charge is -1.95. The molecule has 4 aromatic rings. The number of nitrogens with zero attached hydrogens (tertiary/aromatic N) is 4. The van der Waals surface area contributed by atoms with Crippen LogP contribution in [0.1, 0.15) is 12.5 Å². The van der Waals surface area contributed by atoms with E-state index in [1.807, 2.05) is 33.7 Å². The molecule has 4 heterocycles. The van der Waals surface area contributed by atoms with Crippen LogP contribution in [0.3, 0.4) is 0 Å². The Balaban J connectivity index is 0.000000226. The number of rotatable bonds is 1. The second kappa shape index (κ2) is 12.7. The summed E-state index contributed by atoms with van der Waals surface area (Å²) < 4.78 is 37.8. The van der Waals surface area contributed by atoms with Crippen LogP contribution in [0.25, 0.3) is 11.0 Å². The van der Waals surface area contributed by atoms with Gasteiger partial charge < -0.3 is 0 Å². The van der Waals surface area contributed by atoms with Crippen molar-refractivity contribution in [2.24, 2.45) is 0 Å². The van der Waals surface area contributed by atoms with Crippen LogP contribution in [0.5, 0.6) is 0 Å². The highest BCUT2D eigenvalue weighted by Gasteiger charge is 2.00. The summed E-state index contributed by atoms with van der Waals surface area (Å²) in [4.78, 5) is 16.2. The van der Waals surface area contributed by atoms with E-state index in [4.69, 9.17) is 27.1 Å². The molecule has 0 spiro atoms. The van der Waals surface area contributed by atoms with E-state index in [2.05, 4.69) is 86.6 Å². The number of carbonyl (C=O) groups excluding carboxylic acids is 2. The first-order valence-corrected chi connectivity index (χ1v) is 11.5. The minimum atomic E-state index is -4.67. The molecule has 4 aromatic heterocycles. The molecule has 0 aliphatic rings. The lowest BCUT2D eigenvalue weighted by atomic mass is 10.2. The van der Waals surface area contributed by atoms with Gasteiger partial charge in [-0.05, 0) is 87.5 Å². The first kappa shape index (κ1) is 26.1. The zero-order valence-corrected chi connectivity index (χ0v) is 20.5. The molecular weight excluding hydrogens is 642 g/mol. The minimum Gasteiger partial charge on any atom is -0.264 e. The molecule has 13 heteroatoms. The zero-order chi connectivity index (χ0) is 22.7. The summed E-state index contributed by atoms with van der Waals surface area (Å²) in [5, 5.41) is 8.35. The van der Waals surface area contributed by atoms with Gasteiger partial charge in [0.15, 0.2) is 0 Å². The van der Waals surface area contributed by atoms with E-state index in [-0.39, 0.29) is 6.15 Å². The van der Waals surface area contributed by atoms with Crippen LogP contribution >= 0.6 is 45.2 Å². The summed E-state index contributed by atoms with van der Waals surface area (Å²) in [5.74, 6) is 0. The lowest BCUT2D eigenvalue weighted by Crippen LogP contribution is -1.89. The van der Waals surface area contributed by atoms with E-state index in [1.165, 1.54) is 18.2 Å². The summed E-state index contributed by atoms with van der Waals surface area (Å²) in [5.41, 5.74) is 3.67. The van der Waals surface area contributed by atoms with Crippen LogP contribution in [-0.2, 0) is 26.4 Å². The average molecular weight is 658 g/mol. The number of halogens is 2. The van der Waals surface area contributed by atoms with E-state index in [0.29, 0.717) is 0 Å². The number of aryl methyl sites for hydroxylation is 1. The highest BCUT2D eigenvalue weighted by atomic mass is 127. The molecule has 0 amide bonds. The Morgan fingerprint density at radius 3 is 2.07 bits per heavy atom. The molecule has 30 heavy (non-hydrogen) atoms. The topological polar surface area (TPSA) is 143 Å². The molecule has 0 aromatic carbocycles. The molecule has 0 aliphatic carbocycles. The molecule has 4 rings (SSSR count). The Morgan fingerprint density at radius 2 is 1.50 bits per heavy atom. The summed E-state index contributed by atoms with van der Waals surface area (Å²) in [6, 6.07) is 10.3. The highest BCUT2D eigenvalue weighted by molar-refractivity contribution is 14.1. The van der Waals surface area contributed by atoms with Crippen LogP contribution < -0.4 is 0 Å². The van der Waals surface area contributed by atoms with Crippen molar-refractivity contribution >= 4 is 72.8 Å². The van der Waals surface area contributed by atoms with Crippen molar-refractivity contribution in [1.29, 1.82) is 0 Å². The zero-order valence-electron chi connectivity index (χ0n) is 15.4. The molecule has 0 atom stereocenters. The lowest BCUT2D eigenvalue weighted by molar-refractivity contribution is -0.191. The molecule has 0 saturated heterocycles. The monoisotopic (exact) mass is 658 g/mol. The summed E-state index contributed by atoms with van der Waals surface area (Å²) in [6.07, 6.45) is 9.06. The molecule has 0 radical (unpaired) electrons. The maximum absolute atomic E-state index is 8.74. The quantitative estimate of drug-likeness (QED) is 0.235. The highest BCUT2D eigenvalue weighted by Crippen LogP contribution is 2.13. The standard InChI is InChI=1S/C9H9IN2.C7H5IN2.CO2.H2O4S/c1-2-7-5-11-12-6-8(10)3-4-9(7)12;8-6-1-2-7-3-4-9-10(7)5-6;2-1-3;1-5(2,3)4/h3-6H,2H2,1H3;1-5H;;(H2,1,2,3,4). The first-order valence-electron chi connectivity index (χ1n) is 7.98. The van der Waals surface area contributed by atoms with Gasteiger partial charge in [-0.15, -0.1) is 0 Å². The van der Waals surface area contributed by atoms with Gasteiger partial charge in [0.1, 0.15) is 0 Å². The largest absolute Gasteiger partial charge is 0.394 e. The van der Waals surface area contributed by atoms with Crippen molar-refractivity contribution < 1.29 is 27.1 Å². The van der Waals surface area contributed by atoms with Crippen LogP contribution in [0.15, 0.2) is 55.1 Å². The van der Waals surface area contributed by atoms with Crippen molar-refractivity contribution in [3.05, 3.63) is 67.8 Å². The van der Waals surface area contributed by atoms with Gasteiger partial charge in [-0.2, -0.15) is 28.2 Å². The SMILES string of the molecule is CCc1cnn2cc(I)ccc12.Ic1ccc2ccnn2c1.O=C=O.O=S(=O)(O)O. The van der Waals surface area contributed by atoms with Gasteiger partial charge in [-0.1, -0.05) is 6.92 Å². The Morgan fingerprint density at radius 1 is 0.967 bits per heavy atom. The second-order valence-electron chi connectivity index (χ2n) is 5.28. The van der Waals surface area contributed by atoms with Crippen molar-refractivity contribution in [3.63, 3.8) is 0 Å². The molecule has 0 saturated carbocycles. The van der Waals surface area contributed by atoms with Crippen LogP contribution in [0.4, 0.5) is 0 Å². The Kier molecular flexibility index (Phi) is 11.1. The van der Waals surface area contributed by atoms with Crippen molar-refractivity contribution in [3.8, 4) is 0 Å².